The molecule has 90 valence electrons. The first-order chi connectivity index (χ1) is 7.78. The molecule has 4 heteroatoms. The Labute approximate surface area is 97.6 Å². The van der Waals surface area contributed by atoms with Crippen molar-refractivity contribution in [2.24, 2.45) is 13.0 Å². The summed E-state index contributed by atoms with van der Waals surface area (Å²) in [5.74, 6) is 0.808. The van der Waals surface area contributed by atoms with Gasteiger partial charge in [-0.15, -0.1) is 0 Å². The number of nitrogens with zero attached hydrogens (tertiary/aromatic N) is 3. The van der Waals surface area contributed by atoms with Crippen molar-refractivity contribution in [3.8, 4) is 0 Å². The zero-order valence-electron chi connectivity index (χ0n) is 10.3. The van der Waals surface area contributed by atoms with Gasteiger partial charge in [-0.05, 0) is 45.0 Å². The van der Waals surface area contributed by atoms with E-state index in [4.69, 9.17) is 0 Å². The molecule has 1 atom stereocenters. The summed E-state index contributed by atoms with van der Waals surface area (Å²) in [6.07, 6.45) is 4.70. The molecular weight excluding hydrogens is 200 g/mol. The van der Waals surface area contributed by atoms with Crippen molar-refractivity contribution in [2.45, 2.75) is 19.4 Å². The zero-order valence-corrected chi connectivity index (χ0v) is 10.3. The van der Waals surface area contributed by atoms with E-state index < -0.39 is 0 Å². The first kappa shape index (κ1) is 11.6. The monoisotopic (exact) mass is 222 g/mol. The molecule has 0 aliphatic carbocycles. The van der Waals surface area contributed by atoms with Gasteiger partial charge in [-0.1, -0.05) is 0 Å². The molecule has 16 heavy (non-hydrogen) atoms. The Morgan fingerprint density at radius 3 is 3.12 bits per heavy atom. The van der Waals surface area contributed by atoms with Crippen molar-refractivity contribution < 1.29 is 0 Å². The Balaban J connectivity index is 1.85. The standard InChI is InChI=1S/C12H22N4/c1-13-8-11-4-3-6-16(9-11)10-12-5-7-15(2)14-12/h5,7,11,13H,3-4,6,8-10H2,1-2H3. The number of hydrogen-bond donors (Lipinski definition) is 1. The smallest absolute Gasteiger partial charge is 0.0764 e. The van der Waals surface area contributed by atoms with Crippen LogP contribution in [0.15, 0.2) is 12.3 Å². The van der Waals surface area contributed by atoms with E-state index in [1.165, 1.54) is 31.6 Å². The fraction of sp³-hybridized carbons (Fsp3) is 0.750. The van der Waals surface area contributed by atoms with E-state index in [0.29, 0.717) is 0 Å². The van der Waals surface area contributed by atoms with Crippen LogP contribution in [0.2, 0.25) is 0 Å². The van der Waals surface area contributed by atoms with Gasteiger partial charge in [0.25, 0.3) is 0 Å². The van der Waals surface area contributed by atoms with E-state index in [1.54, 1.807) is 0 Å². The maximum absolute atomic E-state index is 4.44. The molecule has 0 spiro atoms. The molecular formula is C12H22N4. The van der Waals surface area contributed by atoms with E-state index in [-0.39, 0.29) is 0 Å². The minimum atomic E-state index is 0.808. The Kier molecular flexibility index (Phi) is 3.96. The van der Waals surface area contributed by atoms with Gasteiger partial charge in [0.2, 0.25) is 0 Å². The third-order valence-corrected chi connectivity index (χ3v) is 3.25. The molecule has 1 aliphatic heterocycles. The van der Waals surface area contributed by atoms with Gasteiger partial charge in [-0.3, -0.25) is 9.58 Å². The lowest BCUT2D eigenvalue weighted by Gasteiger charge is -2.32. The lowest BCUT2D eigenvalue weighted by Crippen LogP contribution is -2.38. The second-order valence-corrected chi connectivity index (χ2v) is 4.78. The van der Waals surface area contributed by atoms with Gasteiger partial charge >= 0.3 is 0 Å². The average Bonchev–Trinajstić information content (AvgIpc) is 2.65. The molecule has 1 N–H and O–H groups in total. The summed E-state index contributed by atoms with van der Waals surface area (Å²) < 4.78 is 1.88. The van der Waals surface area contributed by atoms with Crippen molar-refractivity contribution in [3.63, 3.8) is 0 Å². The molecule has 1 aromatic heterocycles. The summed E-state index contributed by atoms with van der Waals surface area (Å²) in [4.78, 5) is 2.52. The van der Waals surface area contributed by atoms with Gasteiger partial charge < -0.3 is 5.32 Å². The fourth-order valence-corrected chi connectivity index (χ4v) is 2.53. The molecule has 1 saturated heterocycles. The third-order valence-electron chi connectivity index (χ3n) is 3.25. The van der Waals surface area contributed by atoms with E-state index in [1.807, 2.05) is 25.0 Å². The van der Waals surface area contributed by atoms with Crippen LogP contribution in [0.3, 0.4) is 0 Å². The molecule has 2 rings (SSSR count). The normalized spacial score (nSPS) is 22.5. The van der Waals surface area contributed by atoms with Crippen LogP contribution in [0.25, 0.3) is 0 Å². The predicted octanol–water partition coefficient (Wildman–Crippen LogP) is 0.851. The molecule has 0 bridgehead atoms. The second-order valence-electron chi connectivity index (χ2n) is 4.78. The van der Waals surface area contributed by atoms with E-state index in [2.05, 4.69) is 21.4 Å². The summed E-state index contributed by atoms with van der Waals surface area (Å²) in [7, 11) is 4.02. The summed E-state index contributed by atoms with van der Waals surface area (Å²) in [5.41, 5.74) is 1.19. The summed E-state index contributed by atoms with van der Waals surface area (Å²) >= 11 is 0. The predicted molar refractivity (Wildman–Crippen MR) is 65.1 cm³/mol. The average molecular weight is 222 g/mol. The van der Waals surface area contributed by atoms with Crippen LogP contribution in [0, 0.1) is 5.92 Å². The van der Waals surface area contributed by atoms with E-state index in [0.717, 1.165) is 19.0 Å². The van der Waals surface area contributed by atoms with Gasteiger partial charge in [-0.2, -0.15) is 5.10 Å². The summed E-state index contributed by atoms with van der Waals surface area (Å²) in [6.45, 7) is 4.56. The second kappa shape index (κ2) is 5.46. The van der Waals surface area contributed by atoms with Gasteiger partial charge in [0, 0.05) is 26.3 Å². The quantitative estimate of drug-likeness (QED) is 0.820. The van der Waals surface area contributed by atoms with Crippen LogP contribution in [-0.4, -0.2) is 41.4 Å². The third kappa shape index (κ3) is 3.06. The van der Waals surface area contributed by atoms with Crippen LogP contribution in [0.1, 0.15) is 18.5 Å². The maximum atomic E-state index is 4.44. The number of hydrogen-bond acceptors (Lipinski definition) is 3. The van der Waals surface area contributed by atoms with E-state index >= 15 is 0 Å². The van der Waals surface area contributed by atoms with Crippen LogP contribution in [-0.2, 0) is 13.6 Å². The molecule has 1 aliphatic rings. The summed E-state index contributed by atoms with van der Waals surface area (Å²) in [6, 6.07) is 2.11. The highest BCUT2D eigenvalue weighted by molar-refractivity contribution is 4.98. The summed E-state index contributed by atoms with van der Waals surface area (Å²) in [5, 5.41) is 7.71. The molecule has 1 unspecified atom stereocenters. The molecule has 4 nitrogen and oxygen atoms in total. The number of likely N-dealkylation sites (tertiary alicyclic amines) is 1. The van der Waals surface area contributed by atoms with Crippen molar-refractivity contribution in [1.82, 2.24) is 20.0 Å². The SMILES string of the molecule is CNCC1CCCN(Cc2ccn(C)n2)C1. The minimum Gasteiger partial charge on any atom is -0.319 e. The first-order valence-corrected chi connectivity index (χ1v) is 6.13. The van der Waals surface area contributed by atoms with E-state index in [9.17, 15) is 0 Å². The highest BCUT2D eigenvalue weighted by atomic mass is 15.3. The van der Waals surface area contributed by atoms with Gasteiger partial charge in [-0.25, -0.2) is 0 Å². The lowest BCUT2D eigenvalue weighted by molar-refractivity contribution is 0.165. The zero-order chi connectivity index (χ0) is 11.4. The molecule has 0 amide bonds. The highest BCUT2D eigenvalue weighted by Crippen LogP contribution is 2.17. The van der Waals surface area contributed by atoms with Gasteiger partial charge in [0.05, 0.1) is 5.69 Å². The molecule has 0 aromatic carbocycles. The molecule has 0 radical (unpaired) electrons. The highest BCUT2D eigenvalue weighted by Gasteiger charge is 2.19. The number of piperidine rings is 1. The lowest BCUT2D eigenvalue weighted by atomic mass is 9.98. The van der Waals surface area contributed by atoms with Crippen molar-refractivity contribution in [2.75, 3.05) is 26.7 Å². The molecule has 1 aromatic rings. The molecule has 1 fully saturated rings. The number of aryl methyl sites for hydroxylation is 1. The van der Waals surface area contributed by atoms with Crippen LogP contribution in [0.5, 0.6) is 0 Å². The Bertz CT molecular complexity index is 319. The first-order valence-electron chi connectivity index (χ1n) is 6.13. The van der Waals surface area contributed by atoms with Crippen molar-refractivity contribution >= 4 is 0 Å². The number of rotatable bonds is 4. The fourth-order valence-electron chi connectivity index (χ4n) is 2.53. The largest absolute Gasteiger partial charge is 0.319 e. The van der Waals surface area contributed by atoms with Crippen molar-refractivity contribution in [3.05, 3.63) is 18.0 Å². The van der Waals surface area contributed by atoms with Crippen LogP contribution in [0.4, 0.5) is 0 Å². The Morgan fingerprint density at radius 1 is 1.56 bits per heavy atom. The maximum Gasteiger partial charge on any atom is 0.0764 e. The molecule has 0 saturated carbocycles. The topological polar surface area (TPSA) is 33.1 Å². The molecule has 2 heterocycles. The van der Waals surface area contributed by atoms with Gasteiger partial charge in [0.15, 0.2) is 0 Å². The Morgan fingerprint density at radius 2 is 2.44 bits per heavy atom. The minimum absolute atomic E-state index is 0.808. The Hall–Kier alpha value is -0.870. The van der Waals surface area contributed by atoms with Gasteiger partial charge in [0.1, 0.15) is 0 Å². The van der Waals surface area contributed by atoms with Crippen LogP contribution < -0.4 is 5.32 Å². The van der Waals surface area contributed by atoms with Crippen LogP contribution >= 0.6 is 0 Å². The number of aromatic nitrogens is 2. The van der Waals surface area contributed by atoms with Crippen molar-refractivity contribution in [1.29, 1.82) is 0 Å². The number of nitrogens with one attached hydrogen (secondary N) is 1.